The summed E-state index contributed by atoms with van der Waals surface area (Å²) < 4.78 is 2.63. The maximum atomic E-state index is 4.89. The molecule has 0 radical (unpaired) electrons. The van der Waals surface area contributed by atoms with Crippen molar-refractivity contribution >= 4 is 32.9 Å². The SMILES string of the molecule is CCC1CC2c3ccccc3C=CC2C1[Si](C)(C)N1C[N-]C[N-]C1.[CH3-].[Cl][Ti+4][Cl]. The Labute approximate surface area is 189 Å². The summed E-state index contributed by atoms with van der Waals surface area (Å²) in [6.45, 7) is 10.0. The number of nitrogens with zero attached hydrogens (tertiary/aromatic N) is 3. The van der Waals surface area contributed by atoms with Gasteiger partial charge in [-0.3, -0.25) is 6.67 Å². The van der Waals surface area contributed by atoms with Gasteiger partial charge in [0.25, 0.3) is 0 Å². The van der Waals surface area contributed by atoms with Crippen LogP contribution in [-0.4, -0.2) is 32.8 Å². The molecule has 0 amide bonds. The van der Waals surface area contributed by atoms with Crippen LogP contribution >= 0.6 is 18.6 Å². The summed E-state index contributed by atoms with van der Waals surface area (Å²) in [5.74, 6) is 2.25. The van der Waals surface area contributed by atoms with Gasteiger partial charge in [-0.15, -0.1) is 13.3 Å². The molecule has 1 aromatic carbocycles. The van der Waals surface area contributed by atoms with Crippen molar-refractivity contribution in [2.24, 2.45) is 11.8 Å². The van der Waals surface area contributed by atoms with Crippen LogP contribution in [0.1, 0.15) is 36.8 Å². The van der Waals surface area contributed by atoms with Crippen molar-refractivity contribution in [2.45, 2.75) is 44.3 Å². The summed E-state index contributed by atoms with van der Waals surface area (Å²) in [6, 6.07) is 9.03. The normalized spacial score (nSPS) is 29.3. The van der Waals surface area contributed by atoms with Crippen LogP contribution in [0.25, 0.3) is 16.7 Å². The molecule has 0 bridgehead atoms. The van der Waals surface area contributed by atoms with Crippen LogP contribution in [0.3, 0.4) is 0 Å². The number of allylic oxidation sites excluding steroid dienone is 1. The third kappa shape index (κ3) is 4.97. The van der Waals surface area contributed by atoms with Crippen LogP contribution in [0.15, 0.2) is 30.3 Å². The van der Waals surface area contributed by atoms with Gasteiger partial charge < -0.3 is 22.6 Å². The van der Waals surface area contributed by atoms with E-state index in [0.717, 1.165) is 24.8 Å². The van der Waals surface area contributed by atoms with Gasteiger partial charge in [-0.25, -0.2) is 0 Å². The van der Waals surface area contributed by atoms with Crippen LogP contribution in [0.2, 0.25) is 18.6 Å². The molecule has 0 spiro atoms. The Hall–Kier alpha value is 0.351. The first-order valence-electron chi connectivity index (χ1n) is 9.79. The van der Waals surface area contributed by atoms with Crippen LogP contribution in [0, 0.1) is 19.3 Å². The minimum atomic E-state index is -1.59. The Bertz CT molecular complexity index is 652. The molecule has 4 atom stereocenters. The Morgan fingerprint density at radius 3 is 2.46 bits per heavy atom. The van der Waals surface area contributed by atoms with Crippen molar-refractivity contribution in [2.75, 3.05) is 20.0 Å². The second-order valence-corrected chi connectivity index (χ2v) is 15.4. The van der Waals surface area contributed by atoms with Crippen LogP contribution < -0.4 is 0 Å². The first kappa shape index (κ1) is 24.6. The summed E-state index contributed by atoms with van der Waals surface area (Å²) in [4.78, 5) is 0. The molecular formula is C21H32Cl2N3SiTi+. The van der Waals surface area contributed by atoms with E-state index in [-0.39, 0.29) is 7.43 Å². The van der Waals surface area contributed by atoms with Crippen LogP contribution in [0.5, 0.6) is 0 Å². The van der Waals surface area contributed by atoms with Crippen molar-refractivity contribution in [1.29, 1.82) is 0 Å². The summed E-state index contributed by atoms with van der Waals surface area (Å²) in [5.41, 5.74) is 3.83. The average molecular weight is 473 g/mol. The zero-order valence-corrected chi connectivity index (χ0v) is 21.5. The molecule has 1 saturated carbocycles. The fourth-order valence-electron chi connectivity index (χ4n) is 5.49. The Morgan fingerprint density at radius 2 is 1.82 bits per heavy atom. The Kier molecular flexibility index (Phi) is 9.77. The molecule has 2 aliphatic carbocycles. The zero-order valence-electron chi connectivity index (χ0n) is 17.4. The van der Waals surface area contributed by atoms with E-state index in [0.29, 0.717) is 18.5 Å². The van der Waals surface area contributed by atoms with E-state index in [1.54, 1.807) is 5.56 Å². The standard InChI is InChI=1S/C20H29N3Si.CH3.2ClH.Ti/c1-4-15-11-19-17-8-6-5-7-16(17)9-10-18(19)20(15)24(2,3)23-13-21-12-22-14-23;;;;/h5-10,15,18-20H,4,11-14H2,1-3H3;1H3;2*1H;/q-2;-1;;;+6/p-2. The second kappa shape index (κ2) is 11.1. The average Bonchev–Trinajstić information content (AvgIpc) is 3.09. The van der Waals surface area contributed by atoms with Crippen molar-refractivity contribution in [3.8, 4) is 0 Å². The van der Waals surface area contributed by atoms with Gasteiger partial charge in [0.2, 0.25) is 0 Å². The van der Waals surface area contributed by atoms with Gasteiger partial charge in [0.05, 0.1) is 0 Å². The first-order valence-corrected chi connectivity index (χ1v) is 17.1. The predicted octanol–water partition coefficient (Wildman–Crippen LogP) is 7.18. The Morgan fingerprint density at radius 1 is 1.18 bits per heavy atom. The zero-order chi connectivity index (χ0) is 19.4. The predicted molar refractivity (Wildman–Crippen MR) is 123 cm³/mol. The number of fused-ring (bicyclic) bond motifs is 3. The molecule has 4 rings (SSSR count). The number of rotatable bonds is 3. The van der Waals surface area contributed by atoms with Crippen LogP contribution in [-0.2, 0) is 17.0 Å². The number of hydrogen-bond acceptors (Lipinski definition) is 1. The van der Waals surface area contributed by atoms with E-state index in [1.807, 2.05) is 0 Å². The first-order chi connectivity index (χ1) is 13.0. The summed E-state index contributed by atoms with van der Waals surface area (Å²) in [6.07, 6.45) is 7.58. The maximum absolute atomic E-state index is 4.89. The summed E-state index contributed by atoms with van der Waals surface area (Å²) >= 11 is -0.556. The third-order valence-corrected chi connectivity index (χ3v) is 11.1. The van der Waals surface area contributed by atoms with E-state index in [1.165, 1.54) is 18.4 Å². The summed E-state index contributed by atoms with van der Waals surface area (Å²) in [5, 5.41) is 9.13. The van der Waals surface area contributed by atoms with Crippen molar-refractivity contribution in [1.82, 2.24) is 4.57 Å². The molecule has 0 aromatic heterocycles. The monoisotopic (exact) mass is 472 g/mol. The number of benzene rings is 1. The third-order valence-electron chi connectivity index (χ3n) is 6.73. The quantitative estimate of drug-likeness (QED) is 0.338. The summed E-state index contributed by atoms with van der Waals surface area (Å²) in [7, 11) is 8.19. The topological polar surface area (TPSA) is 31.4 Å². The Balaban J connectivity index is 0.000000660. The molecule has 3 aliphatic rings. The van der Waals surface area contributed by atoms with Gasteiger partial charge in [0.15, 0.2) is 0 Å². The van der Waals surface area contributed by atoms with Gasteiger partial charge >= 0.3 is 35.6 Å². The number of hydrogen-bond donors (Lipinski definition) is 0. The minimum absolute atomic E-state index is 0. The van der Waals surface area contributed by atoms with Crippen molar-refractivity contribution in [3.05, 3.63) is 59.5 Å². The van der Waals surface area contributed by atoms with Gasteiger partial charge in [-0.2, -0.15) is 0 Å². The van der Waals surface area contributed by atoms with Crippen LogP contribution in [0.4, 0.5) is 0 Å². The van der Waals surface area contributed by atoms with Crippen molar-refractivity contribution < 1.29 is 17.0 Å². The van der Waals surface area contributed by atoms with Crippen molar-refractivity contribution in [3.63, 3.8) is 0 Å². The fraction of sp³-hybridized carbons (Fsp3) is 0.571. The van der Waals surface area contributed by atoms with E-state index < -0.39 is 25.3 Å². The molecule has 1 aromatic rings. The van der Waals surface area contributed by atoms with E-state index >= 15 is 0 Å². The van der Waals surface area contributed by atoms with E-state index in [2.05, 4.69) is 71.6 Å². The molecule has 3 nitrogen and oxygen atoms in total. The van der Waals surface area contributed by atoms with Gasteiger partial charge in [-0.1, -0.05) is 62.9 Å². The molecular weight excluding hydrogens is 441 g/mol. The van der Waals surface area contributed by atoms with Gasteiger partial charge in [-0.05, 0) is 40.8 Å². The molecule has 7 heteroatoms. The molecule has 4 unspecified atom stereocenters. The molecule has 2 fully saturated rings. The van der Waals surface area contributed by atoms with Gasteiger partial charge in [0.1, 0.15) is 8.24 Å². The molecule has 1 heterocycles. The molecule has 0 N–H and O–H groups in total. The van der Waals surface area contributed by atoms with E-state index in [9.17, 15) is 0 Å². The molecule has 28 heavy (non-hydrogen) atoms. The second-order valence-electron chi connectivity index (χ2n) is 8.24. The molecule has 1 saturated heterocycles. The number of halogens is 2. The van der Waals surface area contributed by atoms with Gasteiger partial charge in [0, 0.05) is 0 Å². The molecule has 152 valence electrons. The molecule has 1 aliphatic heterocycles. The fourth-order valence-corrected chi connectivity index (χ4v) is 9.65. The van der Waals surface area contributed by atoms with E-state index in [4.69, 9.17) is 18.6 Å².